The standard InChI is InChI=1S/C18H19N3O2S2/c1-13-9-10-18(24-13)25(22,23)20-15-7-3-2-6-14(15)16-12-21-11-5-4-8-17(21)19-16/h2-3,6-7,9-10,12,20H,4-5,8,11H2,1H3. The van der Waals surface area contributed by atoms with Crippen LogP contribution < -0.4 is 4.72 Å². The van der Waals surface area contributed by atoms with Gasteiger partial charge in [0, 0.05) is 29.6 Å². The van der Waals surface area contributed by atoms with Gasteiger partial charge in [-0.25, -0.2) is 13.4 Å². The van der Waals surface area contributed by atoms with Crippen molar-refractivity contribution in [3.05, 3.63) is 53.3 Å². The molecular weight excluding hydrogens is 354 g/mol. The number of fused-ring (bicyclic) bond motifs is 1. The summed E-state index contributed by atoms with van der Waals surface area (Å²) in [5.74, 6) is 1.08. The van der Waals surface area contributed by atoms with Gasteiger partial charge in [-0.1, -0.05) is 18.2 Å². The number of para-hydroxylation sites is 1. The molecule has 130 valence electrons. The summed E-state index contributed by atoms with van der Waals surface area (Å²) in [6, 6.07) is 10.9. The van der Waals surface area contributed by atoms with E-state index in [4.69, 9.17) is 4.98 Å². The molecule has 0 bridgehead atoms. The number of hydrogen-bond acceptors (Lipinski definition) is 4. The molecule has 0 spiro atoms. The molecule has 0 amide bonds. The minimum Gasteiger partial charge on any atom is -0.334 e. The van der Waals surface area contributed by atoms with Crippen LogP contribution in [-0.4, -0.2) is 18.0 Å². The predicted octanol–water partition coefficient (Wildman–Crippen LogP) is 4.06. The Bertz CT molecular complexity index is 995. The summed E-state index contributed by atoms with van der Waals surface area (Å²) >= 11 is 1.27. The summed E-state index contributed by atoms with van der Waals surface area (Å²) in [6.07, 6.45) is 5.32. The molecule has 3 aromatic rings. The van der Waals surface area contributed by atoms with Gasteiger partial charge in [-0.05, 0) is 38.0 Å². The lowest BCUT2D eigenvalue weighted by Gasteiger charge is -2.11. The van der Waals surface area contributed by atoms with Crippen LogP contribution in [0.4, 0.5) is 5.69 Å². The fraction of sp³-hybridized carbons (Fsp3) is 0.278. The maximum atomic E-state index is 12.7. The van der Waals surface area contributed by atoms with Gasteiger partial charge in [-0.15, -0.1) is 11.3 Å². The van der Waals surface area contributed by atoms with E-state index in [9.17, 15) is 8.42 Å². The van der Waals surface area contributed by atoms with Gasteiger partial charge in [0.2, 0.25) is 0 Å². The topological polar surface area (TPSA) is 64.0 Å². The van der Waals surface area contributed by atoms with Gasteiger partial charge in [0.25, 0.3) is 10.0 Å². The Morgan fingerprint density at radius 3 is 2.76 bits per heavy atom. The first-order valence-corrected chi connectivity index (χ1v) is 10.6. The third-order valence-corrected chi connectivity index (χ3v) is 7.19. The normalized spacial score (nSPS) is 14.3. The molecule has 0 atom stereocenters. The number of benzene rings is 1. The van der Waals surface area contributed by atoms with E-state index in [1.54, 1.807) is 12.1 Å². The fourth-order valence-corrected chi connectivity index (χ4v) is 5.45. The highest BCUT2D eigenvalue weighted by atomic mass is 32.2. The van der Waals surface area contributed by atoms with Crippen molar-refractivity contribution in [1.82, 2.24) is 9.55 Å². The van der Waals surface area contributed by atoms with Crippen LogP contribution in [0.5, 0.6) is 0 Å². The fourth-order valence-electron chi connectivity index (χ4n) is 3.09. The first-order chi connectivity index (χ1) is 12.0. The smallest absolute Gasteiger partial charge is 0.271 e. The van der Waals surface area contributed by atoms with Crippen molar-refractivity contribution < 1.29 is 8.42 Å². The van der Waals surface area contributed by atoms with Gasteiger partial charge in [0.15, 0.2) is 0 Å². The van der Waals surface area contributed by atoms with Crippen LogP contribution in [0.3, 0.4) is 0 Å². The lowest BCUT2D eigenvalue weighted by atomic mass is 10.1. The summed E-state index contributed by atoms with van der Waals surface area (Å²) in [7, 11) is -3.59. The Labute approximate surface area is 151 Å². The third-order valence-electron chi connectivity index (χ3n) is 4.34. The van der Waals surface area contributed by atoms with Gasteiger partial charge in [-0.3, -0.25) is 4.72 Å². The van der Waals surface area contributed by atoms with Crippen LogP contribution in [0.25, 0.3) is 11.3 Å². The molecule has 3 heterocycles. The molecule has 0 aliphatic carbocycles. The van der Waals surface area contributed by atoms with Gasteiger partial charge in [0.05, 0.1) is 11.4 Å². The molecule has 2 aromatic heterocycles. The number of sulfonamides is 1. The number of anilines is 1. The molecule has 0 fully saturated rings. The second-order valence-corrected chi connectivity index (χ2v) is 9.41. The first kappa shape index (κ1) is 16.4. The van der Waals surface area contributed by atoms with Gasteiger partial charge in [0.1, 0.15) is 10.0 Å². The summed E-state index contributed by atoms with van der Waals surface area (Å²) in [5, 5.41) is 0. The van der Waals surface area contributed by atoms with Crippen LogP contribution in [0, 0.1) is 6.92 Å². The summed E-state index contributed by atoms with van der Waals surface area (Å²) in [5.41, 5.74) is 2.18. The molecule has 1 aliphatic heterocycles. The van der Waals surface area contributed by atoms with E-state index in [0.717, 1.165) is 47.8 Å². The maximum Gasteiger partial charge on any atom is 0.271 e. The van der Waals surface area contributed by atoms with E-state index in [1.165, 1.54) is 11.3 Å². The Hall–Kier alpha value is -2.12. The maximum absolute atomic E-state index is 12.7. The zero-order valence-electron chi connectivity index (χ0n) is 13.9. The number of aromatic nitrogens is 2. The Kier molecular flexibility index (Phi) is 4.13. The van der Waals surface area contributed by atoms with E-state index >= 15 is 0 Å². The van der Waals surface area contributed by atoms with Crippen LogP contribution in [0.2, 0.25) is 0 Å². The second-order valence-electron chi connectivity index (χ2n) is 6.21. The molecule has 1 aromatic carbocycles. The van der Waals surface area contributed by atoms with Crippen molar-refractivity contribution in [2.45, 2.75) is 36.9 Å². The van der Waals surface area contributed by atoms with Crippen LogP contribution in [0.1, 0.15) is 23.5 Å². The molecule has 0 saturated heterocycles. The minimum absolute atomic E-state index is 0.323. The third kappa shape index (κ3) is 3.21. The highest BCUT2D eigenvalue weighted by Crippen LogP contribution is 2.31. The number of hydrogen-bond donors (Lipinski definition) is 1. The van der Waals surface area contributed by atoms with Crippen molar-refractivity contribution >= 4 is 27.0 Å². The zero-order chi connectivity index (χ0) is 17.4. The molecule has 4 rings (SSSR count). The SMILES string of the molecule is Cc1ccc(S(=O)(=O)Nc2ccccc2-c2cn3c(n2)CCCC3)s1. The van der Waals surface area contributed by atoms with Crippen molar-refractivity contribution in [3.8, 4) is 11.3 Å². The van der Waals surface area contributed by atoms with E-state index in [2.05, 4.69) is 9.29 Å². The number of nitrogens with zero attached hydrogens (tertiary/aromatic N) is 2. The largest absolute Gasteiger partial charge is 0.334 e. The van der Waals surface area contributed by atoms with Crippen LogP contribution in [-0.2, 0) is 23.0 Å². The van der Waals surface area contributed by atoms with E-state index < -0.39 is 10.0 Å². The minimum atomic E-state index is -3.59. The molecule has 7 heteroatoms. The van der Waals surface area contributed by atoms with Crippen molar-refractivity contribution in [2.75, 3.05) is 4.72 Å². The number of nitrogens with one attached hydrogen (secondary N) is 1. The summed E-state index contributed by atoms with van der Waals surface area (Å²) in [4.78, 5) is 5.69. The molecule has 25 heavy (non-hydrogen) atoms. The van der Waals surface area contributed by atoms with Gasteiger partial charge >= 0.3 is 0 Å². The summed E-state index contributed by atoms with van der Waals surface area (Å²) in [6.45, 7) is 2.87. The average Bonchev–Trinajstić information content (AvgIpc) is 3.21. The summed E-state index contributed by atoms with van der Waals surface area (Å²) < 4.78 is 30.6. The molecule has 1 N–H and O–H groups in total. The molecule has 0 saturated carbocycles. The lowest BCUT2D eigenvalue weighted by Crippen LogP contribution is -2.12. The van der Waals surface area contributed by atoms with Crippen molar-refractivity contribution in [3.63, 3.8) is 0 Å². The second kappa shape index (κ2) is 6.31. The van der Waals surface area contributed by atoms with Crippen molar-refractivity contribution in [2.24, 2.45) is 0 Å². The monoisotopic (exact) mass is 373 g/mol. The quantitative estimate of drug-likeness (QED) is 0.750. The zero-order valence-corrected chi connectivity index (χ0v) is 15.5. The van der Waals surface area contributed by atoms with E-state index in [-0.39, 0.29) is 0 Å². The van der Waals surface area contributed by atoms with E-state index in [1.807, 2.05) is 37.4 Å². The Balaban J connectivity index is 1.71. The van der Waals surface area contributed by atoms with Crippen LogP contribution in [0.15, 0.2) is 46.8 Å². The first-order valence-electron chi connectivity index (χ1n) is 8.28. The lowest BCUT2D eigenvalue weighted by molar-refractivity contribution is 0.522. The highest BCUT2D eigenvalue weighted by molar-refractivity contribution is 7.94. The van der Waals surface area contributed by atoms with E-state index in [0.29, 0.717) is 9.90 Å². The molecule has 5 nitrogen and oxygen atoms in total. The molecule has 1 aliphatic rings. The predicted molar refractivity (Wildman–Crippen MR) is 100 cm³/mol. The number of imidazole rings is 1. The molecule has 0 unspecified atom stereocenters. The highest BCUT2D eigenvalue weighted by Gasteiger charge is 2.20. The van der Waals surface area contributed by atoms with Crippen molar-refractivity contribution in [1.29, 1.82) is 0 Å². The number of thiophene rings is 1. The Morgan fingerprint density at radius 2 is 2.00 bits per heavy atom. The Morgan fingerprint density at radius 1 is 1.16 bits per heavy atom. The van der Waals surface area contributed by atoms with Gasteiger partial charge < -0.3 is 4.57 Å². The average molecular weight is 374 g/mol. The van der Waals surface area contributed by atoms with Gasteiger partial charge in [-0.2, -0.15) is 0 Å². The van der Waals surface area contributed by atoms with Crippen LogP contribution >= 0.6 is 11.3 Å². The number of rotatable bonds is 4. The number of aryl methyl sites for hydroxylation is 3. The molecule has 0 radical (unpaired) electrons. The molecular formula is C18H19N3O2S2.